The molecule has 4 amide bonds. The zero-order valence-corrected chi connectivity index (χ0v) is 26.2. The summed E-state index contributed by atoms with van der Waals surface area (Å²) in [5.41, 5.74) is 0. The summed E-state index contributed by atoms with van der Waals surface area (Å²) >= 11 is 0. The Kier molecular flexibility index (Phi) is 17.8. The summed E-state index contributed by atoms with van der Waals surface area (Å²) in [6, 6.07) is -2.07. The average Bonchev–Trinajstić information content (AvgIpc) is 3.01. The number of carbonyl (C=O) groups is 4. The topological polar surface area (TPSA) is 275 Å². The van der Waals surface area contributed by atoms with Gasteiger partial charge in [-0.1, -0.05) is 0 Å². The van der Waals surface area contributed by atoms with Gasteiger partial charge in [0.15, 0.2) is 12.6 Å². The molecule has 0 bridgehead atoms. The van der Waals surface area contributed by atoms with Crippen molar-refractivity contribution in [2.45, 2.75) is 114 Å². The zero-order valence-electron chi connectivity index (χ0n) is 26.2. The Morgan fingerprint density at radius 3 is 1.30 bits per heavy atom. The Labute approximate surface area is 267 Å². The average molecular weight is 667 g/mol. The van der Waals surface area contributed by atoms with Crippen molar-refractivity contribution < 1.29 is 68.8 Å². The van der Waals surface area contributed by atoms with Crippen LogP contribution in [0.4, 0.5) is 0 Å². The van der Waals surface area contributed by atoms with Crippen molar-refractivity contribution in [1.82, 2.24) is 21.3 Å². The smallest absolute Gasteiger partial charge is 0.220 e. The predicted octanol–water partition coefficient (Wildman–Crippen LogP) is -4.52. The summed E-state index contributed by atoms with van der Waals surface area (Å²) in [4.78, 5) is 47.2. The summed E-state index contributed by atoms with van der Waals surface area (Å²) < 4.78 is 22.2. The van der Waals surface area contributed by atoms with Gasteiger partial charge in [-0.15, -0.1) is 0 Å². The first-order chi connectivity index (χ1) is 21.9. The van der Waals surface area contributed by atoms with E-state index >= 15 is 0 Å². The Morgan fingerprint density at radius 1 is 0.609 bits per heavy atom. The Hall–Kier alpha value is -2.52. The van der Waals surface area contributed by atoms with E-state index in [4.69, 9.17) is 18.9 Å². The largest absolute Gasteiger partial charge is 0.394 e. The number of carbonyl (C=O) groups excluding carboxylic acids is 4. The lowest BCUT2D eigenvalue weighted by molar-refractivity contribution is -0.270. The van der Waals surface area contributed by atoms with Gasteiger partial charge in [0.05, 0.1) is 13.2 Å². The molecule has 2 aliphatic rings. The first kappa shape index (κ1) is 39.7. The van der Waals surface area contributed by atoms with Crippen LogP contribution in [0.5, 0.6) is 0 Å². The highest BCUT2D eigenvalue weighted by molar-refractivity contribution is 5.77. The molecule has 2 aliphatic heterocycles. The Balaban J connectivity index is 1.55. The normalized spacial score (nSPS) is 31.1. The molecule has 0 radical (unpaired) electrons. The SMILES string of the molecule is CC(=O)NC1C(O)[C@@H](O)C(CO)O[C@H]1OCCCCC(=O)NCCNC(=O)CCCCO[C@@H]1OC(CO)[C@H](O)C(O)C1NC(C)=O. The molecular weight excluding hydrogens is 616 g/mol. The third kappa shape index (κ3) is 12.9. The van der Waals surface area contributed by atoms with Crippen LogP contribution in [0.25, 0.3) is 0 Å². The maximum absolute atomic E-state index is 12.1. The van der Waals surface area contributed by atoms with Gasteiger partial charge in [-0.2, -0.15) is 0 Å². The number of ether oxygens (including phenoxy) is 4. The third-order valence-corrected chi connectivity index (χ3v) is 7.43. The quantitative estimate of drug-likeness (QED) is 0.0582. The number of rotatable bonds is 19. The molecule has 0 aromatic rings. The van der Waals surface area contributed by atoms with Gasteiger partial charge >= 0.3 is 0 Å². The predicted molar refractivity (Wildman–Crippen MR) is 156 cm³/mol. The van der Waals surface area contributed by atoms with Crippen molar-refractivity contribution in [2.75, 3.05) is 39.5 Å². The molecule has 6 unspecified atom stereocenters. The van der Waals surface area contributed by atoms with E-state index < -0.39 is 86.3 Å². The van der Waals surface area contributed by atoms with Crippen LogP contribution < -0.4 is 21.3 Å². The molecule has 266 valence electrons. The van der Waals surface area contributed by atoms with Crippen LogP contribution >= 0.6 is 0 Å². The van der Waals surface area contributed by atoms with E-state index in [9.17, 15) is 49.8 Å². The zero-order chi connectivity index (χ0) is 34.2. The molecule has 10 atom stereocenters. The van der Waals surface area contributed by atoms with Crippen molar-refractivity contribution in [3.63, 3.8) is 0 Å². The number of aliphatic hydroxyl groups is 6. The number of hydrogen-bond acceptors (Lipinski definition) is 14. The number of hydrogen-bond donors (Lipinski definition) is 10. The fraction of sp³-hybridized carbons (Fsp3) is 0.857. The lowest BCUT2D eigenvalue weighted by atomic mass is 9.97. The molecule has 18 nitrogen and oxygen atoms in total. The molecule has 0 aromatic carbocycles. The van der Waals surface area contributed by atoms with Crippen LogP contribution in [0, 0.1) is 0 Å². The summed E-state index contributed by atoms with van der Waals surface area (Å²) in [6.07, 6.45) is -7.74. The maximum atomic E-state index is 12.1. The second-order valence-electron chi connectivity index (χ2n) is 11.2. The van der Waals surface area contributed by atoms with E-state index in [-0.39, 0.29) is 51.0 Å². The standard InChI is InChI=1S/C28H50N4O14/c1-15(35)31-21-25(41)23(39)17(13-33)45-27(21)43-11-5-3-7-19(37)29-9-10-30-20(38)8-4-6-12-44-28-22(32-16(2)36)26(42)24(40)18(14-34)46-28/h17-18,21-28,33-34,39-42H,3-14H2,1-2H3,(H,29,37)(H,30,38)(H,31,35)(H,32,36)/t17?,18?,21?,22?,23-,24-,25?,26?,27+,28+/m0/s1. The summed E-state index contributed by atoms with van der Waals surface area (Å²) in [5, 5.41) is 69.7. The Morgan fingerprint density at radius 2 is 0.978 bits per heavy atom. The number of aliphatic hydroxyl groups excluding tert-OH is 6. The van der Waals surface area contributed by atoms with Gasteiger partial charge in [-0.05, 0) is 25.7 Å². The highest BCUT2D eigenvalue weighted by Crippen LogP contribution is 2.23. The molecule has 2 rings (SSSR count). The van der Waals surface area contributed by atoms with E-state index in [1.807, 2.05) is 0 Å². The fourth-order valence-electron chi connectivity index (χ4n) is 4.98. The minimum atomic E-state index is -1.40. The van der Waals surface area contributed by atoms with Gasteiger partial charge in [-0.3, -0.25) is 19.2 Å². The highest BCUT2D eigenvalue weighted by Gasteiger charge is 2.46. The van der Waals surface area contributed by atoms with E-state index in [1.165, 1.54) is 13.8 Å². The molecule has 2 heterocycles. The van der Waals surface area contributed by atoms with Crippen molar-refractivity contribution in [3.05, 3.63) is 0 Å². The molecule has 0 aromatic heterocycles. The molecule has 2 saturated heterocycles. The molecule has 0 saturated carbocycles. The molecule has 46 heavy (non-hydrogen) atoms. The molecule has 10 N–H and O–H groups in total. The van der Waals surface area contributed by atoms with Crippen LogP contribution in [0.15, 0.2) is 0 Å². The fourth-order valence-corrected chi connectivity index (χ4v) is 4.98. The first-order valence-corrected chi connectivity index (χ1v) is 15.4. The van der Waals surface area contributed by atoms with E-state index in [0.717, 1.165) is 0 Å². The van der Waals surface area contributed by atoms with Crippen LogP contribution in [0.3, 0.4) is 0 Å². The molecule has 2 fully saturated rings. The Bertz CT molecular complexity index is 887. The third-order valence-electron chi connectivity index (χ3n) is 7.43. The number of unbranched alkanes of at least 4 members (excludes halogenated alkanes) is 2. The highest BCUT2D eigenvalue weighted by atomic mass is 16.7. The van der Waals surface area contributed by atoms with Crippen molar-refractivity contribution in [3.8, 4) is 0 Å². The molecule has 0 aliphatic carbocycles. The minimum absolute atomic E-state index is 0.133. The van der Waals surface area contributed by atoms with E-state index in [2.05, 4.69) is 21.3 Å². The van der Waals surface area contributed by atoms with Gasteiger partial charge in [0.1, 0.15) is 48.7 Å². The number of nitrogens with one attached hydrogen (secondary N) is 4. The maximum Gasteiger partial charge on any atom is 0.220 e. The van der Waals surface area contributed by atoms with Gasteiger partial charge in [-0.25, -0.2) is 0 Å². The molecular formula is C28H50N4O14. The van der Waals surface area contributed by atoms with Crippen LogP contribution in [0.1, 0.15) is 52.4 Å². The molecule has 0 spiro atoms. The second-order valence-corrected chi connectivity index (χ2v) is 11.2. The lowest BCUT2D eigenvalue weighted by Crippen LogP contribution is -2.64. The first-order valence-electron chi connectivity index (χ1n) is 15.4. The van der Waals surface area contributed by atoms with Gasteiger partial charge < -0.3 is 70.9 Å². The van der Waals surface area contributed by atoms with Gasteiger partial charge in [0.2, 0.25) is 23.6 Å². The van der Waals surface area contributed by atoms with E-state index in [0.29, 0.717) is 25.7 Å². The van der Waals surface area contributed by atoms with Crippen LogP contribution in [-0.4, -0.2) is 155 Å². The summed E-state index contributed by atoms with van der Waals surface area (Å²) in [6.45, 7) is 2.11. The summed E-state index contributed by atoms with van der Waals surface area (Å²) in [5.74, 6) is -1.36. The van der Waals surface area contributed by atoms with Gasteiger partial charge in [0, 0.05) is 53.0 Å². The van der Waals surface area contributed by atoms with Crippen molar-refractivity contribution >= 4 is 23.6 Å². The van der Waals surface area contributed by atoms with Crippen LogP contribution in [0.2, 0.25) is 0 Å². The summed E-state index contributed by atoms with van der Waals surface area (Å²) in [7, 11) is 0. The van der Waals surface area contributed by atoms with Crippen molar-refractivity contribution in [1.29, 1.82) is 0 Å². The monoisotopic (exact) mass is 666 g/mol. The lowest BCUT2D eigenvalue weighted by Gasteiger charge is -2.42. The molecule has 18 heteroatoms. The van der Waals surface area contributed by atoms with Crippen LogP contribution in [-0.2, 0) is 38.1 Å². The number of amides is 4. The van der Waals surface area contributed by atoms with E-state index in [1.54, 1.807) is 0 Å². The minimum Gasteiger partial charge on any atom is -0.394 e. The van der Waals surface area contributed by atoms with Gasteiger partial charge in [0.25, 0.3) is 0 Å². The second kappa shape index (κ2) is 20.7. The van der Waals surface area contributed by atoms with Crippen molar-refractivity contribution in [2.24, 2.45) is 0 Å².